The molecule has 0 aromatic heterocycles. The summed E-state index contributed by atoms with van der Waals surface area (Å²) in [6, 6.07) is 11.0. The summed E-state index contributed by atoms with van der Waals surface area (Å²) in [5, 5.41) is 2.76. The topological polar surface area (TPSA) is 58.6 Å². The molecular formula is C19H19FN2O3. The molecule has 0 spiro atoms. The number of fused-ring (bicyclic) bond motifs is 1. The molecule has 0 radical (unpaired) electrons. The Morgan fingerprint density at radius 1 is 1.20 bits per heavy atom. The summed E-state index contributed by atoms with van der Waals surface area (Å²) in [5.41, 5.74) is 2.55. The summed E-state index contributed by atoms with van der Waals surface area (Å²) in [5.74, 6) is -0.274. The second kappa shape index (κ2) is 7.34. The molecule has 2 amide bonds. The predicted molar refractivity (Wildman–Crippen MR) is 93.3 cm³/mol. The molecule has 2 aromatic carbocycles. The van der Waals surface area contributed by atoms with Crippen LogP contribution in [0.5, 0.6) is 5.75 Å². The van der Waals surface area contributed by atoms with Crippen LogP contribution in [-0.2, 0) is 16.0 Å². The van der Waals surface area contributed by atoms with Gasteiger partial charge in [0.1, 0.15) is 11.6 Å². The molecule has 1 aliphatic heterocycles. The zero-order valence-electron chi connectivity index (χ0n) is 13.9. The van der Waals surface area contributed by atoms with E-state index < -0.39 is 0 Å². The lowest BCUT2D eigenvalue weighted by molar-refractivity contribution is -0.118. The number of anilines is 2. The molecule has 6 heteroatoms. The van der Waals surface area contributed by atoms with Gasteiger partial charge in [-0.15, -0.1) is 0 Å². The molecule has 0 fully saturated rings. The molecule has 3 rings (SSSR count). The molecule has 0 bridgehead atoms. The molecule has 0 saturated carbocycles. The van der Waals surface area contributed by atoms with Crippen LogP contribution in [0.1, 0.15) is 18.9 Å². The van der Waals surface area contributed by atoms with Gasteiger partial charge in [-0.3, -0.25) is 9.59 Å². The maximum absolute atomic E-state index is 12.8. The zero-order chi connectivity index (χ0) is 17.8. The van der Waals surface area contributed by atoms with Gasteiger partial charge in [0, 0.05) is 24.8 Å². The fourth-order valence-corrected chi connectivity index (χ4v) is 2.86. The first-order valence-electron chi connectivity index (χ1n) is 8.12. The fraction of sp³-hybridized carbons (Fsp3) is 0.263. The molecular weight excluding hydrogens is 323 g/mol. The summed E-state index contributed by atoms with van der Waals surface area (Å²) in [7, 11) is 0. The summed E-state index contributed by atoms with van der Waals surface area (Å²) in [4.78, 5) is 25.5. The second-order valence-electron chi connectivity index (χ2n) is 5.91. The molecule has 130 valence electrons. The second-order valence-corrected chi connectivity index (χ2v) is 5.91. The number of nitrogens with one attached hydrogen (secondary N) is 1. The van der Waals surface area contributed by atoms with E-state index in [2.05, 4.69) is 5.32 Å². The van der Waals surface area contributed by atoms with Crippen LogP contribution >= 0.6 is 0 Å². The lowest BCUT2D eigenvalue weighted by Crippen LogP contribution is -2.33. The first-order chi connectivity index (χ1) is 12.0. The Balaban J connectivity index is 1.64. The van der Waals surface area contributed by atoms with E-state index in [1.807, 2.05) is 18.2 Å². The van der Waals surface area contributed by atoms with Crippen molar-refractivity contribution in [2.75, 3.05) is 23.4 Å². The van der Waals surface area contributed by atoms with E-state index in [0.29, 0.717) is 18.0 Å². The van der Waals surface area contributed by atoms with E-state index in [-0.39, 0.29) is 24.2 Å². The molecule has 0 atom stereocenters. The van der Waals surface area contributed by atoms with E-state index in [9.17, 15) is 14.0 Å². The summed E-state index contributed by atoms with van der Waals surface area (Å²) in [6.07, 6.45) is 1.85. The number of aryl methyl sites for hydroxylation is 1. The van der Waals surface area contributed by atoms with E-state index in [1.165, 1.54) is 31.2 Å². The van der Waals surface area contributed by atoms with E-state index in [0.717, 1.165) is 24.1 Å². The normalized spacial score (nSPS) is 13.1. The highest BCUT2D eigenvalue weighted by molar-refractivity contribution is 5.96. The minimum Gasteiger partial charge on any atom is -0.484 e. The van der Waals surface area contributed by atoms with Crippen molar-refractivity contribution >= 4 is 23.2 Å². The summed E-state index contributed by atoms with van der Waals surface area (Å²) >= 11 is 0. The largest absolute Gasteiger partial charge is 0.484 e. The Hall–Kier alpha value is -2.89. The minimum absolute atomic E-state index is 0.0101. The molecule has 5 nitrogen and oxygen atoms in total. The van der Waals surface area contributed by atoms with Gasteiger partial charge in [0.05, 0.1) is 0 Å². The molecule has 1 aliphatic rings. The van der Waals surface area contributed by atoms with Crippen LogP contribution in [0.4, 0.5) is 15.8 Å². The number of carbonyl (C=O) groups is 2. The van der Waals surface area contributed by atoms with Gasteiger partial charge in [-0.25, -0.2) is 4.39 Å². The Morgan fingerprint density at radius 3 is 2.68 bits per heavy atom. The average molecular weight is 342 g/mol. The van der Waals surface area contributed by atoms with Gasteiger partial charge >= 0.3 is 0 Å². The number of benzene rings is 2. The van der Waals surface area contributed by atoms with Crippen molar-refractivity contribution in [3.63, 3.8) is 0 Å². The number of carbonyl (C=O) groups excluding carboxylic acids is 2. The summed E-state index contributed by atoms with van der Waals surface area (Å²) < 4.78 is 18.2. The maximum atomic E-state index is 12.8. The van der Waals surface area contributed by atoms with Gasteiger partial charge in [-0.2, -0.15) is 0 Å². The summed E-state index contributed by atoms with van der Waals surface area (Å²) in [6.45, 7) is 2.05. The van der Waals surface area contributed by atoms with Crippen molar-refractivity contribution in [3.8, 4) is 5.75 Å². The standard InChI is InChI=1S/C19H19FN2O3/c1-13(23)22-10-2-3-14-4-7-16(11-18(14)22)21-19(24)12-25-17-8-5-15(20)6-9-17/h4-9,11H,2-3,10,12H2,1H3,(H,21,24). The van der Waals surface area contributed by atoms with Crippen LogP contribution in [0.25, 0.3) is 0 Å². The Bertz CT molecular complexity index is 790. The molecule has 0 aliphatic carbocycles. The van der Waals surface area contributed by atoms with Gasteiger partial charge < -0.3 is 15.0 Å². The molecule has 1 N–H and O–H groups in total. The Labute approximate surface area is 145 Å². The highest BCUT2D eigenvalue weighted by Gasteiger charge is 2.20. The van der Waals surface area contributed by atoms with E-state index >= 15 is 0 Å². The highest BCUT2D eigenvalue weighted by Crippen LogP contribution is 2.30. The van der Waals surface area contributed by atoms with Gasteiger partial charge in [-0.05, 0) is 54.8 Å². The maximum Gasteiger partial charge on any atom is 0.262 e. The van der Waals surface area contributed by atoms with Crippen molar-refractivity contribution in [2.45, 2.75) is 19.8 Å². The van der Waals surface area contributed by atoms with Gasteiger partial charge in [0.15, 0.2) is 6.61 Å². The van der Waals surface area contributed by atoms with Crippen LogP contribution < -0.4 is 15.0 Å². The van der Waals surface area contributed by atoms with Crippen LogP contribution in [-0.4, -0.2) is 25.0 Å². The third kappa shape index (κ3) is 4.15. The lowest BCUT2D eigenvalue weighted by atomic mass is 10.0. The number of amides is 2. The van der Waals surface area contributed by atoms with Crippen LogP contribution in [0, 0.1) is 5.82 Å². The van der Waals surface area contributed by atoms with Crippen molar-refractivity contribution in [3.05, 3.63) is 53.8 Å². The highest BCUT2D eigenvalue weighted by atomic mass is 19.1. The average Bonchev–Trinajstić information content (AvgIpc) is 2.60. The first-order valence-corrected chi connectivity index (χ1v) is 8.12. The SMILES string of the molecule is CC(=O)N1CCCc2ccc(NC(=O)COc3ccc(F)cc3)cc21. The fourth-order valence-electron chi connectivity index (χ4n) is 2.86. The number of nitrogens with zero attached hydrogens (tertiary/aromatic N) is 1. The Morgan fingerprint density at radius 2 is 1.96 bits per heavy atom. The van der Waals surface area contributed by atoms with Gasteiger partial charge in [0.25, 0.3) is 5.91 Å². The number of halogens is 1. The molecule has 2 aromatic rings. The zero-order valence-corrected chi connectivity index (χ0v) is 13.9. The van der Waals surface area contributed by atoms with Crippen LogP contribution in [0.3, 0.4) is 0 Å². The van der Waals surface area contributed by atoms with Crippen molar-refractivity contribution in [1.82, 2.24) is 0 Å². The third-order valence-corrected chi connectivity index (χ3v) is 4.05. The monoisotopic (exact) mass is 342 g/mol. The van der Waals surface area contributed by atoms with Crippen LogP contribution in [0.15, 0.2) is 42.5 Å². The van der Waals surface area contributed by atoms with Crippen LogP contribution in [0.2, 0.25) is 0 Å². The quantitative estimate of drug-likeness (QED) is 0.929. The molecule has 0 saturated heterocycles. The Kier molecular flexibility index (Phi) is 4.97. The van der Waals surface area contributed by atoms with Crippen molar-refractivity contribution in [2.24, 2.45) is 0 Å². The molecule has 0 unspecified atom stereocenters. The smallest absolute Gasteiger partial charge is 0.262 e. The molecule has 25 heavy (non-hydrogen) atoms. The number of ether oxygens (including phenoxy) is 1. The van der Waals surface area contributed by atoms with Crippen molar-refractivity contribution in [1.29, 1.82) is 0 Å². The minimum atomic E-state index is -0.360. The molecule has 1 heterocycles. The predicted octanol–water partition coefficient (Wildman–Crippen LogP) is 3.14. The van der Waals surface area contributed by atoms with E-state index in [4.69, 9.17) is 4.74 Å². The number of hydrogen-bond donors (Lipinski definition) is 1. The van der Waals surface area contributed by atoms with Gasteiger partial charge in [0.2, 0.25) is 5.91 Å². The van der Waals surface area contributed by atoms with Crippen molar-refractivity contribution < 1.29 is 18.7 Å². The number of hydrogen-bond acceptors (Lipinski definition) is 3. The van der Waals surface area contributed by atoms with Gasteiger partial charge in [-0.1, -0.05) is 6.07 Å². The number of rotatable bonds is 4. The third-order valence-electron chi connectivity index (χ3n) is 4.05. The lowest BCUT2D eigenvalue weighted by Gasteiger charge is -2.29. The van der Waals surface area contributed by atoms with E-state index in [1.54, 1.807) is 4.90 Å². The first kappa shape index (κ1) is 17.0.